The van der Waals surface area contributed by atoms with E-state index in [2.05, 4.69) is 0 Å². The second-order valence-corrected chi connectivity index (χ2v) is 3.57. The minimum Gasteiger partial charge on any atom is -0.491 e. The number of benzene rings is 1. The Labute approximate surface area is 106 Å². The van der Waals surface area contributed by atoms with E-state index in [0.717, 1.165) is 0 Å². The zero-order chi connectivity index (χ0) is 13.4. The topological polar surface area (TPSA) is 96.8 Å². The highest BCUT2D eigenvalue weighted by molar-refractivity contribution is 5.98. The maximum atomic E-state index is 11.1. The number of rotatable bonds is 8. The summed E-state index contributed by atoms with van der Waals surface area (Å²) in [5.41, 5.74) is 11.4. The van der Waals surface area contributed by atoms with Crippen molar-refractivity contribution < 1.29 is 19.0 Å². The van der Waals surface area contributed by atoms with Gasteiger partial charge in [-0.1, -0.05) is 0 Å². The van der Waals surface area contributed by atoms with Crippen molar-refractivity contribution in [3.05, 3.63) is 23.8 Å². The van der Waals surface area contributed by atoms with Gasteiger partial charge >= 0.3 is 0 Å². The summed E-state index contributed by atoms with van der Waals surface area (Å²) in [7, 11) is 1.61. The minimum absolute atomic E-state index is 0.257. The summed E-state index contributed by atoms with van der Waals surface area (Å²) < 4.78 is 15.5. The van der Waals surface area contributed by atoms with Crippen molar-refractivity contribution in [2.45, 2.75) is 0 Å². The lowest BCUT2D eigenvalue weighted by Gasteiger charge is -2.09. The molecule has 1 amide bonds. The first kappa shape index (κ1) is 14.3. The molecule has 0 aliphatic rings. The van der Waals surface area contributed by atoms with E-state index < -0.39 is 5.91 Å². The summed E-state index contributed by atoms with van der Waals surface area (Å²) in [5, 5.41) is 0. The number of hydrogen-bond donors (Lipinski definition) is 2. The van der Waals surface area contributed by atoms with Crippen LogP contribution in [0.2, 0.25) is 0 Å². The smallest absolute Gasteiger partial charge is 0.250 e. The number of amides is 1. The van der Waals surface area contributed by atoms with Gasteiger partial charge in [0.15, 0.2) is 0 Å². The van der Waals surface area contributed by atoms with Gasteiger partial charge in [0.05, 0.1) is 25.4 Å². The first-order chi connectivity index (χ1) is 8.65. The highest BCUT2D eigenvalue weighted by Crippen LogP contribution is 2.19. The van der Waals surface area contributed by atoms with E-state index in [1.165, 1.54) is 6.07 Å². The lowest BCUT2D eigenvalue weighted by Crippen LogP contribution is -2.14. The lowest BCUT2D eigenvalue weighted by atomic mass is 10.1. The molecule has 100 valence electrons. The van der Waals surface area contributed by atoms with Crippen LogP contribution in [0.15, 0.2) is 18.2 Å². The number of carbonyl (C=O) groups is 1. The van der Waals surface area contributed by atoms with Gasteiger partial charge in [0.2, 0.25) is 0 Å². The molecule has 0 aromatic heterocycles. The Balaban J connectivity index is 2.38. The van der Waals surface area contributed by atoms with Crippen molar-refractivity contribution in [2.24, 2.45) is 5.73 Å². The average Bonchev–Trinajstić information content (AvgIpc) is 2.35. The van der Waals surface area contributed by atoms with E-state index in [-0.39, 0.29) is 5.56 Å². The molecule has 0 unspecified atom stereocenters. The molecule has 0 aliphatic carbocycles. The van der Waals surface area contributed by atoms with Gasteiger partial charge in [-0.2, -0.15) is 0 Å². The lowest BCUT2D eigenvalue weighted by molar-refractivity contribution is 0.0544. The van der Waals surface area contributed by atoms with Gasteiger partial charge in [-0.25, -0.2) is 0 Å². The number of carbonyl (C=O) groups excluding carboxylic acids is 1. The zero-order valence-electron chi connectivity index (χ0n) is 10.3. The number of nitrogen functional groups attached to an aromatic ring is 1. The maximum absolute atomic E-state index is 11.1. The van der Waals surface area contributed by atoms with Crippen LogP contribution >= 0.6 is 0 Å². The van der Waals surface area contributed by atoms with E-state index in [1.54, 1.807) is 19.2 Å². The normalized spacial score (nSPS) is 10.3. The highest BCUT2D eigenvalue weighted by Gasteiger charge is 2.07. The number of methoxy groups -OCH3 is 1. The van der Waals surface area contributed by atoms with Crippen molar-refractivity contribution in [3.8, 4) is 5.75 Å². The molecule has 6 heteroatoms. The zero-order valence-corrected chi connectivity index (χ0v) is 10.3. The molecule has 0 atom stereocenters. The van der Waals surface area contributed by atoms with Crippen LogP contribution in [-0.4, -0.2) is 39.4 Å². The van der Waals surface area contributed by atoms with Crippen LogP contribution in [0.3, 0.4) is 0 Å². The van der Waals surface area contributed by atoms with Gasteiger partial charge in [0, 0.05) is 12.8 Å². The fourth-order valence-electron chi connectivity index (χ4n) is 1.30. The summed E-state index contributed by atoms with van der Waals surface area (Å²) in [5.74, 6) is -0.0392. The number of anilines is 1. The number of ether oxygens (including phenoxy) is 3. The fourth-order valence-corrected chi connectivity index (χ4v) is 1.30. The van der Waals surface area contributed by atoms with Crippen molar-refractivity contribution in [1.82, 2.24) is 0 Å². The standard InChI is InChI=1S/C12H18N2O4/c1-16-4-5-17-6-7-18-9-2-3-11(13)10(8-9)12(14)15/h2-3,8H,4-7,13H2,1H3,(H2,14,15). The molecule has 4 N–H and O–H groups in total. The Morgan fingerprint density at radius 1 is 1.22 bits per heavy atom. The quantitative estimate of drug-likeness (QED) is 0.517. The van der Waals surface area contributed by atoms with E-state index in [9.17, 15) is 4.79 Å². The summed E-state index contributed by atoms with van der Waals surface area (Å²) >= 11 is 0. The summed E-state index contributed by atoms with van der Waals surface area (Å²) in [4.78, 5) is 11.1. The van der Waals surface area contributed by atoms with Crippen LogP contribution in [-0.2, 0) is 9.47 Å². The molecule has 0 saturated carbocycles. The molecule has 0 spiro atoms. The van der Waals surface area contributed by atoms with Gasteiger partial charge in [-0.15, -0.1) is 0 Å². The van der Waals surface area contributed by atoms with Crippen LogP contribution in [0.5, 0.6) is 5.75 Å². The second-order valence-electron chi connectivity index (χ2n) is 3.57. The van der Waals surface area contributed by atoms with Gasteiger partial charge in [-0.05, 0) is 18.2 Å². The highest BCUT2D eigenvalue weighted by atomic mass is 16.5. The molecule has 1 aromatic carbocycles. The first-order valence-corrected chi connectivity index (χ1v) is 5.54. The monoisotopic (exact) mass is 254 g/mol. The Kier molecular flexibility index (Phi) is 5.96. The van der Waals surface area contributed by atoms with E-state index in [0.29, 0.717) is 37.9 Å². The van der Waals surface area contributed by atoms with Crippen molar-refractivity contribution >= 4 is 11.6 Å². The van der Waals surface area contributed by atoms with Crippen molar-refractivity contribution in [2.75, 3.05) is 39.3 Å². The molecule has 1 aromatic rings. The van der Waals surface area contributed by atoms with Crippen LogP contribution in [0.1, 0.15) is 10.4 Å². The third-order valence-electron chi connectivity index (χ3n) is 2.22. The third kappa shape index (κ3) is 4.60. The predicted octanol–water partition coefficient (Wildman–Crippen LogP) is 0.410. The third-order valence-corrected chi connectivity index (χ3v) is 2.22. The molecule has 18 heavy (non-hydrogen) atoms. The SMILES string of the molecule is COCCOCCOc1ccc(N)c(C(N)=O)c1. The maximum Gasteiger partial charge on any atom is 0.250 e. The summed E-state index contributed by atoms with van der Waals surface area (Å²) in [6, 6.07) is 4.78. The van der Waals surface area contributed by atoms with Crippen LogP contribution in [0, 0.1) is 0 Å². The largest absolute Gasteiger partial charge is 0.491 e. The molecule has 0 radical (unpaired) electrons. The molecular formula is C12H18N2O4. The van der Waals surface area contributed by atoms with E-state index in [4.69, 9.17) is 25.7 Å². The number of primary amides is 1. The Bertz CT molecular complexity index is 396. The van der Waals surface area contributed by atoms with E-state index >= 15 is 0 Å². The molecule has 0 bridgehead atoms. The molecule has 0 saturated heterocycles. The van der Waals surface area contributed by atoms with Crippen molar-refractivity contribution in [1.29, 1.82) is 0 Å². The molecule has 0 heterocycles. The Morgan fingerprint density at radius 2 is 1.94 bits per heavy atom. The Morgan fingerprint density at radius 3 is 2.61 bits per heavy atom. The predicted molar refractivity (Wildman–Crippen MR) is 67.6 cm³/mol. The number of nitrogens with two attached hydrogens (primary N) is 2. The van der Waals surface area contributed by atoms with Gasteiger partial charge in [0.25, 0.3) is 5.91 Å². The molecule has 0 fully saturated rings. The number of hydrogen-bond acceptors (Lipinski definition) is 5. The molecule has 0 aliphatic heterocycles. The van der Waals surface area contributed by atoms with Gasteiger partial charge < -0.3 is 25.7 Å². The first-order valence-electron chi connectivity index (χ1n) is 5.54. The minimum atomic E-state index is -0.575. The second kappa shape index (κ2) is 7.52. The molecule has 1 rings (SSSR count). The van der Waals surface area contributed by atoms with Gasteiger partial charge in [0.1, 0.15) is 12.4 Å². The summed E-state index contributed by atoms with van der Waals surface area (Å²) in [6.45, 7) is 1.90. The Hall–Kier alpha value is -1.79. The van der Waals surface area contributed by atoms with Crippen molar-refractivity contribution in [3.63, 3.8) is 0 Å². The van der Waals surface area contributed by atoms with Crippen LogP contribution in [0.25, 0.3) is 0 Å². The molecular weight excluding hydrogens is 236 g/mol. The molecule has 6 nitrogen and oxygen atoms in total. The van der Waals surface area contributed by atoms with Gasteiger partial charge in [-0.3, -0.25) is 4.79 Å². The van der Waals surface area contributed by atoms with Crippen LogP contribution in [0.4, 0.5) is 5.69 Å². The summed E-state index contributed by atoms with van der Waals surface area (Å²) in [6.07, 6.45) is 0. The van der Waals surface area contributed by atoms with E-state index in [1.807, 2.05) is 0 Å². The average molecular weight is 254 g/mol. The fraction of sp³-hybridized carbons (Fsp3) is 0.417. The van der Waals surface area contributed by atoms with Crippen LogP contribution < -0.4 is 16.2 Å².